The molecule has 6 heteroatoms. The summed E-state index contributed by atoms with van der Waals surface area (Å²) in [6.07, 6.45) is 0. The van der Waals surface area contributed by atoms with Crippen LogP contribution in [0.4, 0.5) is 5.82 Å². The second kappa shape index (κ2) is 7.99. The van der Waals surface area contributed by atoms with Crippen LogP contribution >= 0.6 is 0 Å². The first-order valence-electron chi connectivity index (χ1n) is 9.73. The zero-order valence-corrected chi connectivity index (χ0v) is 17.0. The van der Waals surface area contributed by atoms with Gasteiger partial charge in [-0.3, -0.25) is 4.79 Å². The van der Waals surface area contributed by atoms with Crippen LogP contribution in [0.3, 0.4) is 0 Å². The van der Waals surface area contributed by atoms with Crippen LogP contribution in [0.25, 0.3) is 22.0 Å². The quantitative estimate of drug-likeness (QED) is 0.680. The molecule has 1 saturated heterocycles. The largest absolute Gasteiger partial charge is 0.497 e. The van der Waals surface area contributed by atoms with E-state index >= 15 is 0 Å². The number of pyridine rings is 1. The zero-order valence-electron chi connectivity index (χ0n) is 17.0. The molecule has 0 saturated carbocycles. The number of rotatable bonds is 4. The number of methoxy groups -OCH3 is 2. The molecule has 1 fully saturated rings. The summed E-state index contributed by atoms with van der Waals surface area (Å²) in [5, 5.41) is 1.08. The van der Waals surface area contributed by atoms with Gasteiger partial charge in [0, 0.05) is 55.7 Å². The Kier molecular flexibility index (Phi) is 5.25. The number of nitrogens with zero attached hydrogens (tertiary/aromatic N) is 3. The Hall–Kier alpha value is -3.28. The van der Waals surface area contributed by atoms with Crippen LogP contribution in [-0.2, 0) is 4.79 Å². The number of amides is 1. The molecule has 0 unspecified atom stereocenters. The van der Waals surface area contributed by atoms with Crippen LogP contribution in [0.5, 0.6) is 11.5 Å². The van der Waals surface area contributed by atoms with Crippen LogP contribution < -0.4 is 14.4 Å². The number of carbonyl (C=O) groups is 1. The highest BCUT2D eigenvalue weighted by Gasteiger charge is 2.20. The number of benzene rings is 2. The van der Waals surface area contributed by atoms with Gasteiger partial charge in [-0.15, -0.1) is 0 Å². The van der Waals surface area contributed by atoms with Crippen LogP contribution in [0.1, 0.15) is 6.92 Å². The lowest BCUT2D eigenvalue weighted by atomic mass is 10.0. The number of hydrogen-bond acceptors (Lipinski definition) is 5. The van der Waals surface area contributed by atoms with Gasteiger partial charge in [0.2, 0.25) is 5.91 Å². The minimum Gasteiger partial charge on any atom is -0.497 e. The number of para-hydroxylation sites is 1. The molecule has 0 atom stereocenters. The molecule has 1 amide bonds. The molecule has 1 aromatic heterocycles. The molecule has 0 bridgehead atoms. The van der Waals surface area contributed by atoms with Crippen LogP contribution in [0.15, 0.2) is 48.5 Å². The second-order valence-corrected chi connectivity index (χ2v) is 7.11. The predicted octanol–water partition coefficient (Wildman–Crippen LogP) is 3.59. The minimum atomic E-state index is 0.130. The second-order valence-electron chi connectivity index (χ2n) is 7.11. The normalized spacial score (nSPS) is 14.2. The van der Waals surface area contributed by atoms with Crippen molar-refractivity contribution in [2.75, 3.05) is 45.3 Å². The van der Waals surface area contributed by atoms with E-state index in [1.165, 1.54) is 0 Å². The van der Waals surface area contributed by atoms with Crippen molar-refractivity contribution in [1.82, 2.24) is 9.88 Å². The first kappa shape index (κ1) is 19.1. The van der Waals surface area contributed by atoms with E-state index in [2.05, 4.69) is 29.2 Å². The number of aromatic nitrogens is 1. The highest BCUT2D eigenvalue weighted by atomic mass is 16.5. The van der Waals surface area contributed by atoms with Crippen LogP contribution in [-0.4, -0.2) is 56.2 Å². The number of fused-ring (bicyclic) bond motifs is 1. The van der Waals surface area contributed by atoms with Crippen molar-refractivity contribution in [1.29, 1.82) is 0 Å². The third-order valence-corrected chi connectivity index (χ3v) is 5.45. The summed E-state index contributed by atoms with van der Waals surface area (Å²) in [4.78, 5) is 20.7. The Morgan fingerprint density at radius 2 is 1.72 bits per heavy atom. The molecular weight excluding hydrogens is 366 g/mol. The topological polar surface area (TPSA) is 54.9 Å². The maximum absolute atomic E-state index is 11.6. The summed E-state index contributed by atoms with van der Waals surface area (Å²) >= 11 is 0. The van der Waals surface area contributed by atoms with Crippen molar-refractivity contribution in [3.8, 4) is 22.6 Å². The molecule has 150 valence electrons. The Labute approximate surface area is 170 Å². The predicted molar refractivity (Wildman–Crippen MR) is 115 cm³/mol. The van der Waals surface area contributed by atoms with Gasteiger partial charge in [0.25, 0.3) is 0 Å². The van der Waals surface area contributed by atoms with E-state index in [1.807, 2.05) is 29.2 Å². The molecule has 0 spiro atoms. The average Bonchev–Trinajstić information content (AvgIpc) is 2.78. The molecule has 29 heavy (non-hydrogen) atoms. The van der Waals surface area contributed by atoms with Crippen molar-refractivity contribution < 1.29 is 14.3 Å². The smallest absolute Gasteiger partial charge is 0.219 e. The van der Waals surface area contributed by atoms with E-state index in [-0.39, 0.29) is 5.91 Å². The molecule has 2 heterocycles. The molecule has 0 aliphatic carbocycles. The summed E-state index contributed by atoms with van der Waals surface area (Å²) in [5.74, 6) is 2.56. The van der Waals surface area contributed by atoms with E-state index < -0.39 is 0 Å². The highest BCUT2D eigenvalue weighted by molar-refractivity contribution is 5.96. The molecule has 0 radical (unpaired) electrons. The van der Waals surface area contributed by atoms with Gasteiger partial charge in [-0.2, -0.15) is 0 Å². The summed E-state index contributed by atoms with van der Waals surface area (Å²) in [7, 11) is 3.31. The third kappa shape index (κ3) is 3.70. The number of hydrogen-bond donors (Lipinski definition) is 0. The Morgan fingerprint density at radius 1 is 0.931 bits per heavy atom. The lowest BCUT2D eigenvalue weighted by Gasteiger charge is -2.35. The van der Waals surface area contributed by atoms with Gasteiger partial charge in [-0.25, -0.2) is 4.98 Å². The van der Waals surface area contributed by atoms with Gasteiger partial charge in [0.1, 0.15) is 17.3 Å². The van der Waals surface area contributed by atoms with Gasteiger partial charge < -0.3 is 19.3 Å². The molecule has 6 nitrogen and oxygen atoms in total. The molecule has 0 N–H and O–H groups in total. The fourth-order valence-electron chi connectivity index (χ4n) is 3.80. The van der Waals surface area contributed by atoms with Gasteiger partial charge in [0.05, 0.1) is 19.7 Å². The molecular formula is C23H25N3O3. The average molecular weight is 391 g/mol. The maximum Gasteiger partial charge on any atom is 0.219 e. The summed E-state index contributed by atoms with van der Waals surface area (Å²) < 4.78 is 10.9. The zero-order chi connectivity index (χ0) is 20.4. The lowest BCUT2D eigenvalue weighted by Crippen LogP contribution is -2.48. The Bertz CT molecular complexity index is 1040. The molecule has 3 aromatic rings. The first-order valence-corrected chi connectivity index (χ1v) is 9.73. The summed E-state index contributed by atoms with van der Waals surface area (Å²) in [6.45, 7) is 4.64. The van der Waals surface area contributed by atoms with Crippen molar-refractivity contribution in [3.05, 3.63) is 48.5 Å². The van der Waals surface area contributed by atoms with Crippen molar-refractivity contribution in [3.63, 3.8) is 0 Å². The first-order chi connectivity index (χ1) is 14.1. The minimum absolute atomic E-state index is 0.130. The molecule has 4 rings (SSSR count). The fraction of sp³-hybridized carbons (Fsp3) is 0.304. The SMILES string of the molecule is COc1ccc(-c2cccc3ccc(N4CCN(C(C)=O)CC4)nc23)c(OC)c1. The van der Waals surface area contributed by atoms with Gasteiger partial charge in [0.15, 0.2) is 0 Å². The van der Waals surface area contributed by atoms with Crippen molar-refractivity contribution in [2.45, 2.75) is 6.92 Å². The molecule has 2 aromatic carbocycles. The van der Waals surface area contributed by atoms with Crippen LogP contribution in [0.2, 0.25) is 0 Å². The van der Waals surface area contributed by atoms with Gasteiger partial charge in [-0.05, 0) is 24.3 Å². The third-order valence-electron chi connectivity index (χ3n) is 5.45. The van der Waals surface area contributed by atoms with Gasteiger partial charge in [-0.1, -0.05) is 18.2 Å². The molecule has 1 aliphatic heterocycles. The maximum atomic E-state index is 11.6. The number of piperazine rings is 1. The van der Waals surface area contributed by atoms with Crippen LogP contribution in [0, 0.1) is 0 Å². The number of ether oxygens (including phenoxy) is 2. The van der Waals surface area contributed by atoms with E-state index in [9.17, 15) is 4.79 Å². The van der Waals surface area contributed by atoms with Crippen molar-refractivity contribution in [2.24, 2.45) is 0 Å². The van der Waals surface area contributed by atoms with Crippen molar-refractivity contribution >= 4 is 22.6 Å². The molecule has 1 aliphatic rings. The van der Waals surface area contributed by atoms with E-state index in [0.717, 1.165) is 65.5 Å². The lowest BCUT2D eigenvalue weighted by molar-refractivity contribution is -0.129. The highest BCUT2D eigenvalue weighted by Crippen LogP contribution is 2.37. The Morgan fingerprint density at radius 3 is 2.41 bits per heavy atom. The standard InChI is InChI=1S/C23H25N3O3/c1-16(27)25-11-13-26(14-12-25)22-10-7-17-5-4-6-20(23(17)24-22)19-9-8-18(28-2)15-21(19)29-3/h4-10,15H,11-14H2,1-3H3. The summed E-state index contributed by atoms with van der Waals surface area (Å²) in [5.41, 5.74) is 2.93. The van der Waals surface area contributed by atoms with E-state index in [4.69, 9.17) is 14.5 Å². The van der Waals surface area contributed by atoms with E-state index in [0.29, 0.717) is 0 Å². The van der Waals surface area contributed by atoms with E-state index in [1.54, 1.807) is 21.1 Å². The Balaban J connectivity index is 1.73. The number of anilines is 1. The van der Waals surface area contributed by atoms with Gasteiger partial charge >= 0.3 is 0 Å². The number of carbonyl (C=O) groups excluding carboxylic acids is 1. The monoisotopic (exact) mass is 391 g/mol. The fourth-order valence-corrected chi connectivity index (χ4v) is 3.80. The summed E-state index contributed by atoms with van der Waals surface area (Å²) in [6, 6.07) is 16.2.